The highest BCUT2D eigenvalue weighted by Gasteiger charge is 2.17. The van der Waals surface area contributed by atoms with Gasteiger partial charge in [-0.05, 0) is 38.8 Å². The quantitative estimate of drug-likeness (QED) is 0.692. The lowest BCUT2D eigenvalue weighted by Gasteiger charge is -2.28. The van der Waals surface area contributed by atoms with Crippen LogP contribution in [0.4, 0.5) is 0 Å². The van der Waals surface area contributed by atoms with Crippen LogP contribution in [0.2, 0.25) is 0 Å². The zero-order chi connectivity index (χ0) is 14.1. The van der Waals surface area contributed by atoms with Gasteiger partial charge in [0.2, 0.25) is 0 Å². The van der Waals surface area contributed by atoms with E-state index in [0.717, 1.165) is 30.9 Å². The molecule has 0 aliphatic rings. The van der Waals surface area contributed by atoms with E-state index in [1.165, 1.54) is 0 Å². The molecule has 0 aromatic heterocycles. The molecule has 0 aliphatic carbocycles. The van der Waals surface area contributed by atoms with Crippen molar-refractivity contribution in [3.8, 4) is 11.5 Å². The Morgan fingerprint density at radius 1 is 1.00 bits per heavy atom. The number of para-hydroxylation sites is 2. The van der Waals surface area contributed by atoms with E-state index in [4.69, 9.17) is 9.47 Å². The van der Waals surface area contributed by atoms with Crippen molar-refractivity contribution in [2.24, 2.45) is 0 Å². The average Bonchev–Trinajstić information content (AvgIpc) is 2.45. The molecule has 0 fully saturated rings. The minimum absolute atomic E-state index is 0.211. The fraction of sp³-hybridized carbons (Fsp3) is 0.625. The van der Waals surface area contributed by atoms with Gasteiger partial charge in [0.1, 0.15) is 6.61 Å². The zero-order valence-electron chi connectivity index (χ0n) is 12.7. The van der Waals surface area contributed by atoms with Gasteiger partial charge < -0.3 is 14.8 Å². The average molecular weight is 265 g/mol. The number of hydrogen-bond donors (Lipinski definition) is 1. The van der Waals surface area contributed by atoms with Crippen molar-refractivity contribution >= 4 is 0 Å². The molecule has 0 unspecified atom stereocenters. The summed E-state index contributed by atoms with van der Waals surface area (Å²) in [4.78, 5) is 0. The molecule has 108 valence electrons. The van der Waals surface area contributed by atoms with Crippen LogP contribution in [0, 0.1) is 0 Å². The van der Waals surface area contributed by atoms with E-state index in [1.807, 2.05) is 31.2 Å². The second-order valence-corrected chi connectivity index (χ2v) is 4.92. The molecule has 0 radical (unpaired) electrons. The highest BCUT2D eigenvalue weighted by Crippen LogP contribution is 2.26. The maximum atomic E-state index is 5.79. The van der Waals surface area contributed by atoms with E-state index < -0.39 is 0 Å². The van der Waals surface area contributed by atoms with Gasteiger partial charge in [0.05, 0.1) is 6.61 Å². The van der Waals surface area contributed by atoms with Gasteiger partial charge in [0, 0.05) is 12.1 Å². The smallest absolute Gasteiger partial charge is 0.161 e. The third-order valence-corrected chi connectivity index (χ3v) is 3.62. The molecule has 0 aliphatic heterocycles. The monoisotopic (exact) mass is 265 g/mol. The summed E-state index contributed by atoms with van der Waals surface area (Å²) in [6.07, 6.45) is 2.25. The number of nitrogens with one attached hydrogen (secondary N) is 1. The highest BCUT2D eigenvalue weighted by molar-refractivity contribution is 5.39. The molecule has 0 saturated carbocycles. The number of hydrogen-bond acceptors (Lipinski definition) is 3. The van der Waals surface area contributed by atoms with Crippen molar-refractivity contribution in [2.45, 2.75) is 46.1 Å². The minimum atomic E-state index is 0.211. The summed E-state index contributed by atoms with van der Waals surface area (Å²) in [7, 11) is 0. The van der Waals surface area contributed by atoms with Gasteiger partial charge in [0.15, 0.2) is 11.5 Å². The Hall–Kier alpha value is -1.22. The molecular formula is C16H27NO2. The van der Waals surface area contributed by atoms with Crippen molar-refractivity contribution in [3.05, 3.63) is 24.3 Å². The van der Waals surface area contributed by atoms with E-state index in [1.54, 1.807) is 0 Å². The molecular weight excluding hydrogens is 238 g/mol. The first-order valence-corrected chi connectivity index (χ1v) is 7.24. The first kappa shape index (κ1) is 15.8. The predicted molar refractivity (Wildman–Crippen MR) is 80.1 cm³/mol. The third kappa shape index (κ3) is 5.11. The first-order chi connectivity index (χ1) is 9.15. The first-order valence-electron chi connectivity index (χ1n) is 7.24. The standard InChI is InChI=1S/C16H27NO2/c1-5-16(4,6-2)17-12-13-19-15-11-9-8-10-14(15)18-7-3/h8-11,17H,5-7,12-13H2,1-4H3. The Balaban J connectivity index is 2.41. The Bertz CT molecular complexity index is 362. The van der Waals surface area contributed by atoms with Crippen molar-refractivity contribution in [1.82, 2.24) is 5.32 Å². The van der Waals surface area contributed by atoms with E-state index in [-0.39, 0.29) is 5.54 Å². The van der Waals surface area contributed by atoms with Crippen LogP contribution < -0.4 is 14.8 Å². The molecule has 0 bridgehead atoms. The van der Waals surface area contributed by atoms with Crippen LogP contribution in [0.25, 0.3) is 0 Å². The molecule has 0 spiro atoms. The predicted octanol–water partition coefficient (Wildman–Crippen LogP) is 3.63. The van der Waals surface area contributed by atoms with Gasteiger partial charge in [-0.15, -0.1) is 0 Å². The summed E-state index contributed by atoms with van der Waals surface area (Å²) in [5.41, 5.74) is 0.211. The SMILES string of the molecule is CCOc1ccccc1OCCNC(C)(CC)CC. The van der Waals surface area contributed by atoms with Gasteiger partial charge in [-0.1, -0.05) is 26.0 Å². The lowest BCUT2D eigenvalue weighted by Crippen LogP contribution is -2.43. The molecule has 1 rings (SSSR count). The summed E-state index contributed by atoms with van der Waals surface area (Å²) in [5, 5.41) is 3.55. The topological polar surface area (TPSA) is 30.5 Å². The van der Waals surface area contributed by atoms with Crippen LogP contribution in [0.1, 0.15) is 40.5 Å². The summed E-state index contributed by atoms with van der Waals surface area (Å²) in [6, 6.07) is 7.81. The Morgan fingerprint density at radius 2 is 1.58 bits per heavy atom. The van der Waals surface area contributed by atoms with E-state index >= 15 is 0 Å². The molecule has 0 saturated heterocycles. The molecule has 1 aromatic carbocycles. The number of benzene rings is 1. The van der Waals surface area contributed by atoms with Crippen LogP contribution >= 0.6 is 0 Å². The summed E-state index contributed by atoms with van der Waals surface area (Å²) >= 11 is 0. The van der Waals surface area contributed by atoms with Crippen LogP contribution in [0.3, 0.4) is 0 Å². The van der Waals surface area contributed by atoms with Gasteiger partial charge in [0.25, 0.3) is 0 Å². The van der Waals surface area contributed by atoms with Crippen molar-refractivity contribution in [2.75, 3.05) is 19.8 Å². The second kappa shape index (κ2) is 8.05. The highest BCUT2D eigenvalue weighted by atomic mass is 16.5. The molecule has 3 heteroatoms. The summed E-state index contributed by atoms with van der Waals surface area (Å²) in [5.74, 6) is 1.64. The number of ether oxygens (including phenoxy) is 2. The molecule has 0 amide bonds. The van der Waals surface area contributed by atoms with E-state index in [0.29, 0.717) is 13.2 Å². The number of rotatable bonds is 9. The second-order valence-electron chi connectivity index (χ2n) is 4.92. The van der Waals surface area contributed by atoms with Crippen molar-refractivity contribution < 1.29 is 9.47 Å². The Kier molecular flexibility index (Phi) is 6.71. The summed E-state index contributed by atoms with van der Waals surface area (Å²) in [6.45, 7) is 10.8. The lowest BCUT2D eigenvalue weighted by atomic mass is 9.96. The van der Waals surface area contributed by atoms with Crippen LogP contribution in [0.15, 0.2) is 24.3 Å². The normalized spacial score (nSPS) is 11.4. The summed E-state index contributed by atoms with van der Waals surface area (Å²) < 4.78 is 11.3. The van der Waals surface area contributed by atoms with Crippen molar-refractivity contribution in [1.29, 1.82) is 0 Å². The van der Waals surface area contributed by atoms with E-state index in [9.17, 15) is 0 Å². The van der Waals surface area contributed by atoms with E-state index in [2.05, 4.69) is 26.1 Å². The van der Waals surface area contributed by atoms with Crippen LogP contribution in [-0.2, 0) is 0 Å². The van der Waals surface area contributed by atoms with Gasteiger partial charge >= 0.3 is 0 Å². The molecule has 0 heterocycles. The lowest BCUT2D eigenvalue weighted by molar-refractivity contribution is 0.251. The molecule has 0 atom stereocenters. The van der Waals surface area contributed by atoms with Crippen LogP contribution in [0.5, 0.6) is 11.5 Å². The van der Waals surface area contributed by atoms with Gasteiger partial charge in [-0.2, -0.15) is 0 Å². The zero-order valence-corrected chi connectivity index (χ0v) is 12.7. The van der Waals surface area contributed by atoms with Gasteiger partial charge in [-0.3, -0.25) is 0 Å². The van der Waals surface area contributed by atoms with Crippen LogP contribution in [-0.4, -0.2) is 25.3 Å². The fourth-order valence-electron chi connectivity index (χ4n) is 1.86. The van der Waals surface area contributed by atoms with Gasteiger partial charge in [-0.25, -0.2) is 0 Å². The molecule has 19 heavy (non-hydrogen) atoms. The maximum absolute atomic E-state index is 5.79. The molecule has 3 nitrogen and oxygen atoms in total. The molecule has 1 N–H and O–H groups in total. The fourth-order valence-corrected chi connectivity index (χ4v) is 1.86. The molecule has 1 aromatic rings. The maximum Gasteiger partial charge on any atom is 0.161 e. The largest absolute Gasteiger partial charge is 0.490 e. The minimum Gasteiger partial charge on any atom is -0.490 e. The van der Waals surface area contributed by atoms with Crippen molar-refractivity contribution in [3.63, 3.8) is 0 Å². The Labute approximate surface area is 117 Å². The Morgan fingerprint density at radius 3 is 2.11 bits per heavy atom. The third-order valence-electron chi connectivity index (χ3n) is 3.62.